The molecule has 0 spiro atoms. The molecule has 1 fully saturated rings. The molecule has 4 heterocycles. The van der Waals surface area contributed by atoms with E-state index >= 15 is 0 Å². The Morgan fingerprint density at radius 2 is 2.05 bits per heavy atom. The van der Waals surface area contributed by atoms with Crippen LogP contribution in [0.3, 0.4) is 0 Å². The highest BCUT2D eigenvalue weighted by molar-refractivity contribution is 7.17. The number of likely N-dealkylation sites (tertiary alicyclic amines) is 1. The number of anilines is 2. The highest BCUT2D eigenvalue weighted by Crippen LogP contribution is 2.37. The fourth-order valence-electron chi connectivity index (χ4n) is 4.77. The van der Waals surface area contributed by atoms with Crippen molar-refractivity contribution in [3.05, 3.63) is 71.5 Å². The minimum absolute atomic E-state index is 0.203. The summed E-state index contributed by atoms with van der Waals surface area (Å²) in [7, 11) is 0. The second-order valence-electron chi connectivity index (χ2n) is 9.25. The predicted octanol–water partition coefficient (Wildman–Crippen LogP) is 5.23. The Morgan fingerprint density at radius 1 is 1.14 bits per heavy atom. The van der Waals surface area contributed by atoms with Crippen molar-refractivity contribution in [2.45, 2.75) is 25.1 Å². The molecule has 37 heavy (non-hydrogen) atoms. The maximum absolute atomic E-state index is 9.91. The van der Waals surface area contributed by atoms with Gasteiger partial charge in [0.2, 0.25) is 0 Å². The molecule has 2 atom stereocenters. The second kappa shape index (κ2) is 10.3. The fraction of sp³-hybridized carbons (Fsp3) is 0.259. The van der Waals surface area contributed by atoms with Crippen LogP contribution in [0.4, 0.5) is 11.5 Å². The third-order valence-corrected chi connectivity index (χ3v) is 7.96. The molecule has 2 aromatic carbocycles. The molecule has 0 radical (unpaired) electrons. The first kappa shape index (κ1) is 24.1. The minimum Gasteiger partial charge on any atom is -0.455 e. The van der Waals surface area contributed by atoms with Crippen LogP contribution in [0.2, 0.25) is 5.02 Å². The smallest absolute Gasteiger partial charge is 0.158 e. The van der Waals surface area contributed by atoms with Crippen molar-refractivity contribution in [2.75, 3.05) is 25.0 Å². The Bertz CT molecular complexity index is 1550. The van der Waals surface area contributed by atoms with Crippen molar-refractivity contribution >= 4 is 55.6 Å². The number of hydrogen-bond donors (Lipinski definition) is 3. The number of rotatable bonds is 7. The zero-order chi connectivity index (χ0) is 25.4. The Morgan fingerprint density at radius 3 is 2.92 bits per heavy atom. The van der Waals surface area contributed by atoms with Gasteiger partial charge in [-0.3, -0.25) is 4.90 Å². The van der Waals surface area contributed by atoms with E-state index in [0.29, 0.717) is 29.6 Å². The van der Waals surface area contributed by atoms with E-state index in [0.717, 1.165) is 47.5 Å². The molecule has 0 amide bonds. The Kier molecular flexibility index (Phi) is 6.71. The number of hydrogen-bond acceptors (Lipinski definition) is 8. The number of thiophene rings is 1. The van der Waals surface area contributed by atoms with Crippen LogP contribution >= 0.6 is 22.9 Å². The average Bonchev–Trinajstić information content (AvgIpc) is 3.55. The maximum Gasteiger partial charge on any atom is 0.158 e. The van der Waals surface area contributed by atoms with E-state index in [1.165, 1.54) is 4.70 Å². The van der Waals surface area contributed by atoms with Gasteiger partial charge in [0.05, 0.1) is 16.6 Å². The standard InChI is InChI=1S/C27H27ClN6O2S/c28-19-14-17(4-5-24(19)36-23-2-1-3-25-18(23)8-13-37-25)32-27-26-21(30-16-31-27)6-10-34(26)12-11-33-9-7-22(35)20(29)15-33/h1-6,8,10,13-14,16,20,22,35H,7,9,11-12,15,29H2,(H,30,31,32)/t20-,22-/m0/s1. The Balaban J connectivity index is 1.20. The van der Waals surface area contributed by atoms with Gasteiger partial charge in [-0.1, -0.05) is 17.7 Å². The summed E-state index contributed by atoms with van der Waals surface area (Å²) in [6, 6.07) is 15.5. The quantitative estimate of drug-likeness (QED) is 0.263. The van der Waals surface area contributed by atoms with E-state index in [1.807, 2.05) is 42.6 Å². The van der Waals surface area contributed by atoms with Crippen molar-refractivity contribution in [3.8, 4) is 11.5 Å². The number of benzene rings is 2. The average molecular weight is 535 g/mol. The third-order valence-electron chi connectivity index (χ3n) is 6.78. The molecule has 4 N–H and O–H groups in total. The molecule has 3 aromatic heterocycles. The zero-order valence-electron chi connectivity index (χ0n) is 20.0. The summed E-state index contributed by atoms with van der Waals surface area (Å²) in [6.45, 7) is 3.11. The van der Waals surface area contributed by atoms with Crippen molar-refractivity contribution in [1.82, 2.24) is 19.4 Å². The lowest BCUT2D eigenvalue weighted by Crippen LogP contribution is -2.51. The van der Waals surface area contributed by atoms with E-state index < -0.39 is 6.10 Å². The number of ether oxygens (including phenoxy) is 1. The van der Waals surface area contributed by atoms with E-state index in [4.69, 9.17) is 22.1 Å². The number of halogens is 1. The van der Waals surface area contributed by atoms with E-state index in [1.54, 1.807) is 17.7 Å². The highest BCUT2D eigenvalue weighted by atomic mass is 35.5. The SMILES string of the molecule is N[C@H]1CN(CCn2ccc3ncnc(Nc4ccc(Oc5cccc6sccc56)c(Cl)c4)c32)CC[C@@H]1O. The number of aliphatic hydroxyl groups excluding tert-OH is 1. The minimum atomic E-state index is -0.416. The van der Waals surface area contributed by atoms with Crippen LogP contribution in [-0.4, -0.2) is 56.3 Å². The van der Waals surface area contributed by atoms with E-state index in [9.17, 15) is 5.11 Å². The predicted molar refractivity (Wildman–Crippen MR) is 149 cm³/mol. The molecule has 0 saturated carbocycles. The van der Waals surface area contributed by atoms with E-state index in [2.05, 4.69) is 42.3 Å². The van der Waals surface area contributed by atoms with Gasteiger partial charge in [0.1, 0.15) is 23.3 Å². The van der Waals surface area contributed by atoms with Crippen LogP contribution in [0.1, 0.15) is 6.42 Å². The first-order valence-electron chi connectivity index (χ1n) is 12.2. The second-order valence-corrected chi connectivity index (χ2v) is 10.6. The molecule has 5 aromatic rings. The largest absolute Gasteiger partial charge is 0.455 e. The molecule has 0 unspecified atom stereocenters. The summed E-state index contributed by atoms with van der Waals surface area (Å²) in [5, 5.41) is 16.9. The van der Waals surface area contributed by atoms with Crippen molar-refractivity contribution < 1.29 is 9.84 Å². The van der Waals surface area contributed by atoms with Gasteiger partial charge in [0.25, 0.3) is 0 Å². The maximum atomic E-state index is 9.91. The van der Waals surface area contributed by atoms with Gasteiger partial charge < -0.3 is 25.5 Å². The van der Waals surface area contributed by atoms with Crippen LogP contribution in [-0.2, 0) is 6.54 Å². The van der Waals surface area contributed by atoms with Crippen molar-refractivity contribution in [2.24, 2.45) is 5.73 Å². The topological polar surface area (TPSA) is 101 Å². The molecule has 1 saturated heterocycles. The molecule has 1 aliphatic heterocycles. The molecule has 10 heteroatoms. The van der Waals surface area contributed by atoms with Crippen LogP contribution in [0.15, 0.2) is 66.4 Å². The lowest BCUT2D eigenvalue weighted by Gasteiger charge is -2.34. The van der Waals surface area contributed by atoms with Gasteiger partial charge >= 0.3 is 0 Å². The molecule has 0 bridgehead atoms. The normalized spacial score (nSPS) is 18.5. The lowest BCUT2D eigenvalue weighted by molar-refractivity contribution is 0.0613. The Hall–Kier alpha value is -3.21. The van der Waals surface area contributed by atoms with E-state index in [-0.39, 0.29) is 6.04 Å². The molecule has 8 nitrogen and oxygen atoms in total. The molecule has 6 rings (SSSR count). The van der Waals surface area contributed by atoms with Gasteiger partial charge in [-0.05, 0) is 54.3 Å². The lowest BCUT2D eigenvalue weighted by atomic mass is 10.0. The molecule has 0 aliphatic carbocycles. The molecular formula is C27H27ClN6O2S. The summed E-state index contributed by atoms with van der Waals surface area (Å²) in [6.07, 6.45) is 3.87. The van der Waals surface area contributed by atoms with Crippen LogP contribution in [0, 0.1) is 0 Å². The van der Waals surface area contributed by atoms with Crippen LogP contribution in [0.25, 0.3) is 21.1 Å². The van der Waals surface area contributed by atoms with Crippen molar-refractivity contribution in [3.63, 3.8) is 0 Å². The summed E-state index contributed by atoms with van der Waals surface area (Å²) >= 11 is 8.30. The molecule has 1 aliphatic rings. The number of piperidine rings is 1. The third kappa shape index (κ3) is 5.01. The fourth-order valence-corrected chi connectivity index (χ4v) is 5.80. The first-order valence-corrected chi connectivity index (χ1v) is 13.5. The summed E-state index contributed by atoms with van der Waals surface area (Å²) in [5.74, 6) is 2.07. The number of nitrogens with two attached hydrogens (primary N) is 1. The number of nitrogens with zero attached hydrogens (tertiary/aromatic N) is 4. The van der Waals surface area contributed by atoms with Crippen molar-refractivity contribution in [1.29, 1.82) is 0 Å². The van der Waals surface area contributed by atoms with Gasteiger partial charge in [-0.2, -0.15) is 0 Å². The number of aliphatic hydroxyl groups is 1. The number of fused-ring (bicyclic) bond motifs is 2. The van der Waals surface area contributed by atoms with Gasteiger partial charge in [-0.15, -0.1) is 11.3 Å². The summed E-state index contributed by atoms with van der Waals surface area (Å²) < 4.78 is 9.47. The summed E-state index contributed by atoms with van der Waals surface area (Å²) in [5.41, 5.74) is 8.64. The van der Waals surface area contributed by atoms with Crippen LogP contribution < -0.4 is 15.8 Å². The van der Waals surface area contributed by atoms with Gasteiger partial charge in [-0.25, -0.2) is 9.97 Å². The Labute approximate surface area is 223 Å². The van der Waals surface area contributed by atoms with Gasteiger partial charge in [0, 0.05) is 54.2 Å². The molecular weight excluding hydrogens is 508 g/mol. The highest BCUT2D eigenvalue weighted by Gasteiger charge is 2.24. The first-order chi connectivity index (χ1) is 18.0. The number of aromatic nitrogens is 3. The zero-order valence-corrected chi connectivity index (χ0v) is 21.6. The summed E-state index contributed by atoms with van der Waals surface area (Å²) in [4.78, 5) is 11.2. The monoisotopic (exact) mass is 534 g/mol. The van der Waals surface area contributed by atoms with Crippen LogP contribution in [0.5, 0.6) is 11.5 Å². The number of nitrogens with one attached hydrogen (secondary N) is 1. The molecule has 190 valence electrons. The van der Waals surface area contributed by atoms with Gasteiger partial charge in [0.15, 0.2) is 5.82 Å².